The molecular formula is C25H34Cl2N2SSn. The number of halogens is 2. The van der Waals surface area contributed by atoms with Gasteiger partial charge in [0.1, 0.15) is 0 Å². The maximum atomic E-state index is 6.68. The zero-order valence-electron chi connectivity index (χ0n) is 19.0. The second-order valence-electron chi connectivity index (χ2n) is 8.51. The van der Waals surface area contributed by atoms with E-state index in [1.54, 1.807) is 2.89 Å². The van der Waals surface area contributed by atoms with E-state index in [-0.39, 0.29) is 0 Å². The number of thiophene rings is 1. The molecule has 0 unspecified atom stereocenters. The van der Waals surface area contributed by atoms with Gasteiger partial charge in [0, 0.05) is 0 Å². The van der Waals surface area contributed by atoms with Crippen LogP contribution in [0.25, 0.3) is 16.1 Å². The molecule has 0 atom stereocenters. The van der Waals surface area contributed by atoms with E-state index in [2.05, 4.69) is 42.5 Å². The first kappa shape index (κ1) is 25.1. The van der Waals surface area contributed by atoms with E-state index in [9.17, 15) is 0 Å². The number of benzene rings is 1. The Kier molecular flexibility index (Phi) is 9.82. The third-order valence-electron chi connectivity index (χ3n) is 6.22. The number of aromatic nitrogens is 2. The molecule has 168 valence electrons. The summed E-state index contributed by atoms with van der Waals surface area (Å²) in [6.07, 6.45) is 13.7. The van der Waals surface area contributed by atoms with E-state index >= 15 is 0 Å². The van der Waals surface area contributed by atoms with Crippen LogP contribution in [-0.4, -0.2) is 27.9 Å². The topological polar surface area (TPSA) is 17.8 Å². The molecule has 2 aromatic heterocycles. The van der Waals surface area contributed by atoms with Gasteiger partial charge in [-0.15, -0.1) is 0 Å². The molecule has 0 fully saturated rings. The molecule has 0 bridgehead atoms. The molecule has 3 aromatic rings. The maximum absolute atomic E-state index is 6.68. The van der Waals surface area contributed by atoms with E-state index in [0.29, 0.717) is 5.02 Å². The molecule has 3 rings (SSSR count). The number of unbranched alkanes of at least 4 members (excludes halogenated alkanes) is 3. The van der Waals surface area contributed by atoms with E-state index in [1.807, 2.05) is 42.2 Å². The molecule has 0 amide bonds. The monoisotopic (exact) mass is 584 g/mol. The predicted molar refractivity (Wildman–Crippen MR) is 141 cm³/mol. The van der Waals surface area contributed by atoms with Crippen molar-refractivity contribution in [1.29, 1.82) is 0 Å². The first-order chi connectivity index (χ1) is 15.0. The molecule has 0 N–H and O–H groups in total. The van der Waals surface area contributed by atoms with Gasteiger partial charge in [-0.1, -0.05) is 0 Å². The van der Waals surface area contributed by atoms with Crippen LogP contribution in [0, 0.1) is 0 Å². The molecule has 0 aliphatic carbocycles. The molecular weight excluding hydrogens is 550 g/mol. The van der Waals surface area contributed by atoms with Crippen molar-refractivity contribution in [2.24, 2.45) is 0 Å². The zero-order chi connectivity index (χ0) is 22.3. The van der Waals surface area contributed by atoms with Crippen LogP contribution in [0.1, 0.15) is 59.3 Å². The number of hydrogen-bond acceptors (Lipinski definition) is 2. The summed E-state index contributed by atoms with van der Waals surface area (Å²) in [5.74, 6) is 0. The van der Waals surface area contributed by atoms with Crippen LogP contribution in [0.3, 0.4) is 0 Å². The van der Waals surface area contributed by atoms with Gasteiger partial charge in [0.15, 0.2) is 0 Å². The third kappa shape index (κ3) is 6.10. The SMILES string of the molecule is CCC[CH2][Sn]([CH2]CCC)([CH2]CCC)[c]1cc(-c2ccc(Cl)cc2Cl)c(-n2ccnc2)s1. The minimum atomic E-state index is -2.54. The molecule has 0 aliphatic rings. The van der Waals surface area contributed by atoms with Crippen LogP contribution in [-0.2, 0) is 0 Å². The van der Waals surface area contributed by atoms with Gasteiger partial charge in [-0.2, -0.15) is 0 Å². The predicted octanol–water partition coefficient (Wildman–Crippen LogP) is 8.96. The molecule has 0 spiro atoms. The van der Waals surface area contributed by atoms with Gasteiger partial charge in [-0.05, 0) is 0 Å². The summed E-state index contributed by atoms with van der Waals surface area (Å²) in [6, 6.07) is 8.37. The van der Waals surface area contributed by atoms with Gasteiger partial charge in [-0.25, -0.2) is 0 Å². The van der Waals surface area contributed by atoms with Crippen LogP contribution in [0.5, 0.6) is 0 Å². The molecule has 2 heterocycles. The van der Waals surface area contributed by atoms with Gasteiger partial charge < -0.3 is 0 Å². The number of imidazole rings is 1. The van der Waals surface area contributed by atoms with Crippen LogP contribution < -0.4 is 2.89 Å². The summed E-state index contributed by atoms with van der Waals surface area (Å²) in [7, 11) is 0. The van der Waals surface area contributed by atoms with E-state index in [4.69, 9.17) is 23.2 Å². The fourth-order valence-electron chi connectivity index (χ4n) is 4.40. The van der Waals surface area contributed by atoms with Gasteiger partial charge >= 0.3 is 207 Å². The quantitative estimate of drug-likeness (QED) is 0.195. The van der Waals surface area contributed by atoms with Crippen molar-refractivity contribution >= 4 is 55.8 Å². The van der Waals surface area contributed by atoms with Crippen molar-refractivity contribution in [3.63, 3.8) is 0 Å². The first-order valence-corrected chi connectivity index (χ1v) is 20.7. The molecule has 0 saturated carbocycles. The molecule has 0 saturated heterocycles. The average molecular weight is 584 g/mol. The van der Waals surface area contributed by atoms with Gasteiger partial charge in [0.05, 0.1) is 0 Å². The van der Waals surface area contributed by atoms with Crippen molar-refractivity contribution in [3.05, 3.63) is 53.0 Å². The van der Waals surface area contributed by atoms with Crippen LogP contribution >= 0.6 is 34.5 Å². The number of hydrogen-bond donors (Lipinski definition) is 0. The Morgan fingerprint density at radius 3 is 2.06 bits per heavy atom. The summed E-state index contributed by atoms with van der Waals surface area (Å²) in [6.45, 7) is 7.00. The Morgan fingerprint density at radius 1 is 0.903 bits per heavy atom. The molecule has 2 nitrogen and oxygen atoms in total. The van der Waals surface area contributed by atoms with E-state index in [0.717, 1.165) is 10.6 Å². The Hall–Kier alpha value is -0.491. The minimum absolute atomic E-state index is 0.677. The van der Waals surface area contributed by atoms with Crippen molar-refractivity contribution in [2.45, 2.75) is 72.6 Å². The number of rotatable bonds is 12. The normalized spacial score (nSPS) is 11.9. The summed E-state index contributed by atoms with van der Waals surface area (Å²) in [5.41, 5.74) is 2.30. The van der Waals surface area contributed by atoms with E-state index < -0.39 is 18.4 Å². The Morgan fingerprint density at radius 2 is 1.55 bits per heavy atom. The Bertz CT molecular complexity index is 931. The first-order valence-electron chi connectivity index (χ1n) is 11.6. The van der Waals surface area contributed by atoms with Crippen molar-refractivity contribution in [2.75, 3.05) is 0 Å². The van der Waals surface area contributed by atoms with Crippen molar-refractivity contribution < 1.29 is 0 Å². The fourth-order valence-corrected chi connectivity index (χ4v) is 25.1. The van der Waals surface area contributed by atoms with Crippen LogP contribution in [0.2, 0.25) is 23.4 Å². The van der Waals surface area contributed by atoms with Crippen molar-refractivity contribution in [1.82, 2.24) is 9.55 Å². The molecule has 0 radical (unpaired) electrons. The van der Waals surface area contributed by atoms with Crippen LogP contribution in [0.4, 0.5) is 0 Å². The molecule has 6 heteroatoms. The Balaban J connectivity index is 2.17. The number of nitrogens with zero attached hydrogens (tertiary/aromatic N) is 2. The van der Waals surface area contributed by atoms with Gasteiger partial charge in [-0.3, -0.25) is 0 Å². The molecule has 31 heavy (non-hydrogen) atoms. The summed E-state index contributed by atoms with van der Waals surface area (Å²) in [5, 5.41) is 2.63. The third-order valence-corrected chi connectivity index (χ3v) is 26.1. The second kappa shape index (κ2) is 12.1. The van der Waals surface area contributed by atoms with E-state index in [1.165, 1.54) is 62.4 Å². The summed E-state index contributed by atoms with van der Waals surface area (Å²) in [4.78, 5) is 4.32. The van der Waals surface area contributed by atoms with Crippen LogP contribution in [0.15, 0.2) is 43.0 Å². The van der Waals surface area contributed by atoms with Gasteiger partial charge in [0.25, 0.3) is 0 Å². The Labute approximate surface area is 205 Å². The average Bonchev–Trinajstić information content (AvgIpc) is 3.44. The zero-order valence-corrected chi connectivity index (χ0v) is 24.1. The van der Waals surface area contributed by atoms with Crippen molar-refractivity contribution in [3.8, 4) is 16.1 Å². The molecule has 0 aliphatic heterocycles. The molecule has 1 aromatic carbocycles. The summed E-state index contributed by atoms with van der Waals surface area (Å²) < 4.78 is 8.24. The summed E-state index contributed by atoms with van der Waals surface area (Å²) >= 11 is 12.4. The fraction of sp³-hybridized carbons (Fsp3) is 0.480. The van der Waals surface area contributed by atoms with Gasteiger partial charge in [0.2, 0.25) is 0 Å². The second-order valence-corrected chi connectivity index (χ2v) is 24.6. The standard InChI is InChI=1S/C13H7Cl2N2S.3C4H9.Sn/c14-9-1-2-10(12(15)7-9)11-3-6-18-13(11)17-5-4-16-8-17;3*1-3-4-2;/h1-5,7-8H;3*1,3-4H2,2H3;.